The highest BCUT2D eigenvalue weighted by Gasteiger charge is 2.45. The summed E-state index contributed by atoms with van der Waals surface area (Å²) in [4.78, 5) is 12.0. The highest BCUT2D eigenvalue weighted by atomic mass is 16.5. The number of piperidine rings is 1. The molecular formula is C14H27N3O2. The number of ether oxygens (including phenoxy) is 1. The molecule has 2 aliphatic heterocycles. The van der Waals surface area contributed by atoms with Gasteiger partial charge in [0.25, 0.3) is 0 Å². The number of urea groups is 1. The van der Waals surface area contributed by atoms with Crippen LogP contribution < -0.4 is 16.0 Å². The van der Waals surface area contributed by atoms with E-state index in [1.54, 1.807) is 0 Å². The molecular weight excluding hydrogens is 242 g/mol. The van der Waals surface area contributed by atoms with E-state index in [0.717, 1.165) is 39.0 Å². The first-order valence-corrected chi connectivity index (χ1v) is 7.45. The van der Waals surface area contributed by atoms with Crippen molar-refractivity contribution in [2.24, 2.45) is 5.92 Å². The topological polar surface area (TPSA) is 62.4 Å². The van der Waals surface area contributed by atoms with E-state index in [2.05, 4.69) is 29.8 Å². The average molecular weight is 269 g/mol. The molecule has 2 rings (SSSR count). The summed E-state index contributed by atoms with van der Waals surface area (Å²) in [5.74, 6) is 0.443. The Hall–Kier alpha value is -0.810. The van der Waals surface area contributed by atoms with Crippen LogP contribution in [0.25, 0.3) is 0 Å². The Kier molecular flexibility index (Phi) is 4.68. The van der Waals surface area contributed by atoms with Gasteiger partial charge in [-0.1, -0.05) is 13.8 Å². The van der Waals surface area contributed by atoms with Gasteiger partial charge in [-0.3, -0.25) is 0 Å². The molecule has 0 aromatic heterocycles. The van der Waals surface area contributed by atoms with E-state index in [9.17, 15) is 4.79 Å². The van der Waals surface area contributed by atoms with Crippen molar-refractivity contribution < 1.29 is 9.53 Å². The third-order valence-corrected chi connectivity index (χ3v) is 4.55. The zero-order valence-corrected chi connectivity index (χ0v) is 12.3. The largest absolute Gasteiger partial charge is 0.373 e. The van der Waals surface area contributed by atoms with E-state index in [1.807, 2.05) is 6.92 Å². The minimum atomic E-state index is -0.135. The first kappa shape index (κ1) is 14.6. The van der Waals surface area contributed by atoms with E-state index >= 15 is 0 Å². The predicted octanol–water partition coefficient (Wildman–Crippen LogP) is 1.24. The molecule has 2 atom stereocenters. The summed E-state index contributed by atoms with van der Waals surface area (Å²) in [5.41, 5.74) is -0.135. The molecule has 1 spiro atoms. The lowest BCUT2D eigenvalue weighted by Crippen LogP contribution is -2.57. The minimum Gasteiger partial charge on any atom is -0.373 e. The van der Waals surface area contributed by atoms with Crippen molar-refractivity contribution in [2.75, 3.05) is 19.7 Å². The fourth-order valence-electron chi connectivity index (χ4n) is 2.86. The van der Waals surface area contributed by atoms with Crippen LogP contribution >= 0.6 is 0 Å². The maximum absolute atomic E-state index is 12.0. The number of carbonyl (C=O) groups is 1. The molecule has 0 aromatic rings. The molecule has 0 aromatic carbocycles. The standard InChI is InChI=1S/C14H27N3O2/c1-10(2)11(3)16-13(18)17-12-4-9-19-14(12)5-7-15-8-6-14/h10-12,15H,4-9H2,1-3H3,(H2,16,17,18). The van der Waals surface area contributed by atoms with Crippen LogP contribution in [0.4, 0.5) is 4.79 Å². The van der Waals surface area contributed by atoms with Crippen molar-refractivity contribution >= 4 is 6.03 Å². The molecule has 0 aliphatic carbocycles. The van der Waals surface area contributed by atoms with E-state index in [-0.39, 0.29) is 23.7 Å². The molecule has 2 aliphatic rings. The SMILES string of the molecule is CC(C)C(C)NC(=O)NC1CCOC12CCNCC2. The summed E-state index contributed by atoms with van der Waals surface area (Å²) in [6.45, 7) is 8.96. The number of nitrogens with one attached hydrogen (secondary N) is 3. The Morgan fingerprint density at radius 1 is 1.32 bits per heavy atom. The summed E-state index contributed by atoms with van der Waals surface area (Å²) in [6.07, 6.45) is 2.89. The lowest BCUT2D eigenvalue weighted by atomic mass is 9.85. The molecule has 0 bridgehead atoms. The van der Waals surface area contributed by atoms with E-state index < -0.39 is 0 Å². The maximum atomic E-state index is 12.0. The number of rotatable bonds is 3. The maximum Gasteiger partial charge on any atom is 0.315 e. The van der Waals surface area contributed by atoms with Gasteiger partial charge in [0.05, 0.1) is 11.6 Å². The molecule has 0 saturated carbocycles. The Bertz CT molecular complexity index is 314. The summed E-state index contributed by atoms with van der Waals surface area (Å²) in [7, 11) is 0. The van der Waals surface area contributed by atoms with E-state index in [4.69, 9.17) is 4.74 Å². The van der Waals surface area contributed by atoms with Crippen LogP contribution in [0.2, 0.25) is 0 Å². The van der Waals surface area contributed by atoms with Crippen LogP contribution in [0.3, 0.4) is 0 Å². The van der Waals surface area contributed by atoms with Gasteiger partial charge >= 0.3 is 6.03 Å². The molecule has 0 radical (unpaired) electrons. The van der Waals surface area contributed by atoms with Crippen LogP contribution in [-0.2, 0) is 4.74 Å². The Morgan fingerprint density at radius 2 is 2.00 bits per heavy atom. The first-order valence-electron chi connectivity index (χ1n) is 7.45. The number of hydrogen-bond donors (Lipinski definition) is 3. The second-order valence-electron chi connectivity index (χ2n) is 6.15. The van der Waals surface area contributed by atoms with Gasteiger partial charge in [0.15, 0.2) is 0 Å². The van der Waals surface area contributed by atoms with E-state index in [0.29, 0.717) is 5.92 Å². The second kappa shape index (κ2) is 6.09. The minimum absolute atomic E-state index is 0.0605. The van der Waals surface area contributed by atoms with Gasteiger partial charge < -0.3 is 20.7 Å². The molecule has 2 unspecified atom stereocenters. The quantitative estimate of drug-likeness (QED) is 0.722. The van der Waals surface area contributed by atoms with Crippen molar-refractivity contribution in [3.05, 3.63) is 0 Å². The smallest absolute Gasteiger partial charge is 0.315 e. The fraction of sp³-hybridized carbons (Fsp3) is 0.929. The van der Waals surface area contributed by atoms with Crippen LogP contribution in [0, 0.1) is 5.92 Å². The molecule has 2 heterocycles. The molecule has 110 valence electrons. The Labute approximate surface area is 115 Å². The zero-order valence-electron chi connectivity index (χ0n) is 12.3. The summed E-state index contributed by atoms with van der Waals surface area (Å²) < 4.78 is 5.96. The summed E-state index contributed by atoms with van der Waals surface area (Å²) in [5, 5.41) is 9.48. The normalized spacial score (nSPS) is 27.5. The first-order chi connectivity index (χ1) is 9.03. The zero-order chi connectivity index (χ0) is 13.9. The third-order valence-electron chi connectivity index (χ3n) is 4.55. The van der Waals surface area contributed by atoms with Crippen LogP contribution in [-0.4, -0.2) is 43.4 Å². The van der Waals surface area contributed by atoms with Gasteiger partial charge in [-0.25, -0.2) is 4.79 Å². The van der Waals surface area contributed by atoms with Crippen LogP contribution in [0.1, 0.15) is 40.0 Å². The van der Waals surface area contributed by atoms with Crippen molar-refractivity contribution in [1.29, 1.82) is 0 Å². The van der Waals surface area contributed by atoms with Crippen LogP contribution in [0.15, 0.2) is 0 Å². The van der Waals surface area contributed by atoms with Gasteiger partial charge in [0.2, 0.25) is 0 Å². The van der Waals surface area contributed by atoms with Gasteiger partial charge in [-0.2, -0.15) is 0 Å². The molecule has 5 nitrogen and oxygen atoms in total. The molecule has 2 fully saturated rings. The van der Waals surface area contributed by atoms with Crippen molar-refractivity contribution in [2.45, 2.75) is 57.7 Å². The third kappa shape index (κ3) is 3.39. The molecule has 2 saturated heterocycles. The number of hydrogen-bond acceptors (Lipinski definition) is 3. The predicted molar refractivity (Wildman–Crippen MR) is 75.2 cm³/mol. The highest BCUT2D eigenvalue weighted by molar-refractivity contribution is 5.74. The van der Waals surface area contributed by atoms with Gasteiger partial charge in [-0.05, 0) is 45.2 Å². The molecule has 19 heavy (non-hydrogen) atoms. The molecule has 3 N–H and O–H groups in total. The highest BCUT2D eigenvalue weighted by Crippen LogP contribution is 2.34. The van der Waals surface area contributed by atoms with Crippen molar-refractivity contribution in [3.63, 3.8) is 0 Å². The summed E-state index contributed by atoms with van der Waals surface area (Å²) in [6, 6.07) is 0.273. The van der Waals surface area contributed by atoms with Gasteiger partial charge in [0.1, 0.15) is 0 Å². The van der Waals surface area contributed by atoms with Gasteiger partial charge in [-0.15, -0.1) is 0 Å². The second-order valence-corrected chi connectivity index (χ2v) is 6.15. The average Bonchev–Trinajstić information content (AvgIpc) is 2.72. The number of carbonyl (C=O) groups excluding carboxylic acids is 1. The molecule has 2 amide bonds. The monoisotopic (exact) mass is 269 g/mol. The van der Waals surface area contributed by atoms with Crippen molar-refractivity contribution in [1.82, 2.24) is 16.0 Å². The molecule has 5 heteroatoms. The Balaban J connectivity index is 1.89. The van der Waals surface area contributed by atoms with Crippen LogP contribution in [0.5, 0.6) is 0 Å². The van der Waals surface area contributed by atoms with E-state index in [1.165, 1.54) is 0 Å². The fourth-order valence-corrected chi connectivity index (χ4v) is 2.86. The Morgan fingerprint density at radius 3 is 2.63 bits per heavy atom. The lowest BCUT2D eigenvalue weighted by Gasteiger charge is -2.38. The number of amides is 2. The van der Waals surface area contributed by atoms with Gasteiger partial charge in [0, 0.05) is 12.6 Å². The summed E-state index contributed by atoms with van der Waals surface area (Å²) >= 11 is 0. The van der Waals surface area contributed by atoms with Crippen molar-refractivity contribution in [3.8, 4) is 0 Å². The lowest BCUT2D eigenvalue weighted by molar-refractivity contribution is -0.0316.